The molecule has 0 bridgehead atoms. The Morgan fingerprint density at radius 3 is 2.49 bits per heavy atom. The molecule has 0 spiro atoms. The molecule has 2 heterocycles. The van der Waals surface area contributed by atoms with Gasteiger partial charge in [0.05, 0.1) is 43.5 Å². The number of carbonyl (C=O) groups is 1. The van der Waals surface area contributed by atoms with Gasteiger partial charge >= 0.3 is 5.97 Å². The first kappa shape index (κ1) is 26.3. The van der Waals surface area contributed by atoms with Crippen molar-refractivity contribution in [3.63, 3.8) is 0 Å². The molecule has 2 saturated heterocycles. The third-order valence-electron chi connectivity index (χ3n) is 7.92. The summed E-state index contributed by atoms with van der Waals surface area (Å²) in [6, 6.07) is 17.8. The standard InChI is InChI=1S/C28H40O6Si/c1-4-35(5-2,6-3)34-27-17-24-25(33-26(27)18-28(29)30)16-23(13-14-31-24)32-19-20-11-12-21-9-7-8-10-22(21)15-20/h7-12,15,23-27H,4-6,13-14,16-19H2,1-3H3,(H,29,30)/t23-,24+,25-,26+,27-/m0/s1. The number of hydrogen-bond acceptors (Lipinski definition) is 5. The van der Waals surface area contributed by atoms with E-state index in [1.54, 1.807) is 0 Å². The Kier molecular flexibility index (Phi) is 9.00. The van der Waals surface area contributed by atoms with Gasteiger partial charge < -0.3 is 23.7 Å². The number of fused-ring (bicyclic) bond motifs is 2. The summed E-state index contributed by atoms with van der Waals surface area (Å²) in [5.41, 5.74) is 1.15. The molecule has 6 nitrogen and oxygen atoms in total. The van der Waals surface area contributed by atoms with E-state index in [9.17, 15) is 9.90 Å². The monoisotopic (exact) mass is 500 g/mol. The average Bonchev–Trinajstić information content (AvgIpc) is 3.07. The first-order chi connectivity index (χ1) is 16.9. The number of rotatable bonds is 10. The SMILES string of the molecule is CC[Si](CC)(CC)O[C@H]1C[C@H]2OCC[C@H](OCc3ccc4ccccc4c3)C[C@@H]2O[C@@H]1CC(=O)O. The highest BCUT2D eigenvalue weighted by atomic mass is 28.4. The summed E-state index contributed by atoms with van der Waals surface area (Å²) in [5.74, 6) is -0.850. The molecule has 2 fully saturated rings. The van der Waals surface area contributed by atoms with Gasteiger partial charge in [0.25, 0.3) is 0 Å². The Labute approximate surface area is 210 Å². The van der Waals surface area contributed by atoms with Crippen LogP contribution in [0.25, 0.3) is 10.8 Å². The van der Waals surface area contributed by atoms with Crippen LogP contribution in [0.15, 0.2) is 42.5 Å². The van der Waals surface area contributed by atoms with Crippen LogP contribution < -0.4 is 0 Å². The van der Waals surface area contributed by atoms with Crippen molar-refractivity contribution >= 4 is 25.1 Å². The summed E-state index contributed by atoms with van der Waals surface area (Å²) in [4.78, 5) is 11.7. The van der Waals surface area contributed by atoms with Crippen LogP contribution in [-0.4, -0.2) is 56.5 Å². The Morgan fingerprint density at radius 2 is 1.77 bits per heavy atom. The third kappa shape index (κ3) is 6.52. The van der Waals surface area contributed by atoms with Gasteiger partial charge in [-0.05, 0) is 47.0 Å². The second-order valence-corrected chi connectivity index (χ2v) is 14.7. The van der Waals surface area contributed by atoms with E-state index in [2.05, 4.69) is 57.2 Å². The molecule has 35 heavy (non-hydrogen) atoms. The Morgan fingerprint density at radius 1 is 1.03 bits per heavy atom. The molecule has 0 amide bonds. The molecule has 4 rings (SSSR count). The molecule has 0 aromatic heterocycles. The lowest BCUT2D eigenvalue weighted by molar-refractivity contribution is -0.185. The average molecular weight is 501 g/mol. The topological polar surface area (TPSA) is 74.2 Å². The van der Waals surface area contributed by atoms with Gasteiger partial charge in [-0.3, -0.25) is 4.79 Å². The van der Waals surface area contributed by atoms with E-state index in [0.717, 1.165) is 30.1 Å². The van der Waals surface area contributed by atoms with Crippen LogP contribution in [-0.2, 0) is 30.0 Å². The largest absolute Gasteiger partial charge is 0.481 e. The van der Waals surface area contributed by atoms with Crippen LogP contribution >= 0.6 is 0 Å². The van der Waals surface area contributed by atoms with E-state index in [0.29, 0.717) is 26.1 Å². The fourth-order valence-electron chi connectivity index (χ4n) is 5.53. The maximum absolute atomic E-state index is 11.7. The predicted molar refractivity (Wildman–Crippen MR) is 139 cm³/mol. The zero-order valence-electron chi connectivity index (χ0n) is 21.3. The summed E-state index contributed by atoms with van der Waals surface area (Å²) >= 11 is 0. The number of hydrogen-bond donors (Lipinski definition) is 1. The van der Waals surface area contributed by atoms with Crippen LogP contribution in [0.5, 0.6) is 0 Å². The molecule has 1 N–H and O–H groups in total. The minimum Gasteiger partial charge on any atom is -0.481 e. The van der Waals surface area contributed by atoms with Crippen molar-refractivity contribution in [2.45, 2.75) is 102 Å². The van der Waals surface area contributed by atoms with E-state index in [1.807, 2.05) is 6.07 Å². The van der Waals surface area contributed by atoms with Gasteiger partial charge in [-0.15, -0.1) is 0 Å². The molecular formula is C28H40O6Si. The normalized spacial score (nSPS) is 27.3. The predicted octanol–water partition coefficient (Wildman–Crippen LogP) is 5.93. The van der Waals surface area contributed by atoms with Gasteiger partial charge in [0.15, 0.2) is 8.32 Å². The second kappa shape index (κ2) is 12.0. The van der Waals surface area contributed by atoms with Crippen molar-refractivity contribution in [1.29, 1.82) is 0 Å². The zero-order valence-corrected chi connectivity index (χ0v) is 22.3. The van der Waals surface area contributed by atoms with Crippen molar-refractivity contribution in [1.82, 2.24) is 0 Å². The zero-order chi connectivity index (χ0) is 24.8. The lowest BCUT2D eigenvalue weighted by atomic mass is 9.93. The molecule has 5 atom stereocenters. The molecule has 2 aromatic carbocycles. The maximum atomic E-state index is 11.7. The molecule has 2 aromatic rings. The minimum atomic E-state index is -1.90. The van der Waals surface area contributed by atoms with Crippen LogP contribution in [0, 0.1) is 0 Å². The molecule has 2 aliphatic heterocycles. The number of ether oxygens (including phenoxy) is 3. The quantitative estimate of drug-likeness (QED) is 0.408. The number of aliphatic carboxylic acids is 1. The fourth-order valence-corrected chi connectivity index (χ4v) is 8.42. The first-order valence-corrected chi connectivity index (χ1v) is 15.7. The number of carboxylic acid groups (broad SMARTS) is 1. The summed E-state index contributed by atoms with van der Waals surface area (Å²) < 4.78 is 25.7. The number of benzene rings is 2. The molecule has 0 unspecified atom stereocenters. The molecule has 0 aliphatic carbocycles. The third-order valence-corrected chi connectivity index (χ3v) is 12.6. The van der Waals surface area contributed by atoms with Crippen molar-refractivity contribution < 1.29 is 28.5 Å². The van der Waals surface area contributed by atoms with Gasteiger partial charge in [0.2, 0.25) is 0 Å². The fraction of sp³-hybridized carbons (Fsp3) is 0.607. The summed E-state index contributed by atoms with van der Waals surface area (Å²) in [6.45, 7) is 7.72. The molecule has 0 saturated carbocycles. The minimum absolute atomic E-state index is 0.00908. The molecule has 7 heteroatoms. The second-order valence-electron chi connectivity index (χ2n) is 9.99. The Bertz CT molecular complexity index is 969. The lowest BCUT2D eigenvalue weighted by Gasteiger charge is -2.44. The van der Waals surface area contributed by atoms with Crippen LogP contribution in [0.2, 0.25) is 18.1 Å². The highest BCUT2D eigenvalue weighted by Crippen LogP contribution is 2.36. The van der Waals surface area contributed by atoms with Crippen LogP contribution in [0.3, 0.4) is 0 Å². The number of carboxylic acids is 1. The van der Waals surface area contributed by atoms with Gasteiger partial charge in [0.1, 0.15) is 0 Å². The molecular weight excluding hydrogens is 460 g/mol. The van der Waals surface area contributed by atoms with E-state index in [4.69, 9.17) is 18.6 Å². The van der Waals surface area contributed by atoms with Crippen molar-refractivity contribution in [2.24, 2.45) is 0 Å². The summed E-state index contributed by atoms with van der Waals surface area (Å²) in [6.07, 6.45) is 1.22. The van der Waals surface area contributed by atoms with Crippen molar-refractivity contribution in [3.05, 3.63) is 48.0 Å². The smallest absolute Gasteiger partial charge is 0.306 e. The van der Waals surface area contributed by atoms with Gasteiger partial charge in [0, 0.05) is 19.4 Å². The lowest BCUT2D eigenvalue weighted by Crippen LogP contribution is -2.54. The first-order valence-electron chi connectivity index (χ1n) is 13.2. The summed E-state index contributed by atoms with van der Waals surface area (Å²) in [7, 11) is -1.90. The van der Waals surface area contributed by atoms with Gasteiger partial charge in [-0.2, -0.15) is 0 Å². The van der Waals surface area contributed by atoms with E-state index in [-0.39, 0.29) is 30.8 Å². The van der Waals surface area contributed by atoms with Crippen molar-refractivity contribution in [2.75, 3.05) is 6.61 Å². The van der Waals surface area contributed by atoms with Crippen molar-refractivity contribution in [3.8, 4) is 0 Å². The summed E-state index contributed by atoms with van der Waals surface area (Å²) in [5, 5.41) is 12.0. The van der Waals surface area contributed by atoms with Gasteiger partial charge in [-0.1, -0.05) is 57.2 Å². The van der Waals surface area contributed by atoms with Crippen LogP contribution in [0.1, 0.15) is 52.0 Å². The van der Waals surface area contributed by atoms with E-state index >= 15 is 0 Å². The molecule has 192 valence electrons. The Hall–Kier alpha value is -1.77. The van der Waals surface area contributed by atoms with E-state index < -0.39 is 20.4 Å². The van der Waals surface area contributed by atoms with Crippen LogP contribution in [0.4, 0.5) is 0 Å². The molecule has 0 radical (unpaired) electrons. The van der Waals surface area contributed by atoms with E-state index in [1.165, 1.54) is 10.8 Å². The van der Waals surface area contributed by atoms with Gasteiger partial charge in [-0.25, -0.2) is 0 Å². The highest BCUT2D eigenvalue weighted by Gasteiger charge is 2.45. The Balaban J connectivity index is 1.41. The maximum Gasteiger partial charge on any atom is 0.306 e. The highest BCUT2D eigenvalue weighted by molar-refractivity contribution is 6.73. The molecule has 2 aliphatic rings.